The molecular weight excluding hydrogens is 414 g/mol. The Morgan fingerprint density at radius 1 is 1.00 bits per heavy atom. The Labute approximate surface area is 194 Å². The lowest BCUT2D eigenvalue weighted by Gasteiger charge is -2.31. The fourth-order valence-corrected chi connectivity index (χ4v) is 4.08. The summed E-state index contributed by atoms with van der Waals surface area (Å²) in [4.78, 5) is 27.4. The molecule has 33 heavy (non-hydrogen) atoms. The minimum atomic E-state index is -0.116. The Morgan fingerprint density at radius 2 is 1.67 bits per heavy atom. The number of carbonyl (C=O) groups is 2. The van der Waals surface area contributed by atoms with Gasteiger partial charge < -0.3 is 10.6 Å². The van der Waals surface area contributed by atoms with E-state index in [0.717, 1.165) is 43.6 Å². The molecule has 1 aliphatic heterocycles. The third-order valence-corrected chi connectivity index (χ3v) is 5.89. The first-order valence-electron chi connectivity index (χ1n) is 11.6. The maximum Gasteiger partial charge on any atom is 0.255 e. The first-order valence-corrected chi connectivity index (χ1v) is 11.6. The van der Waals surface area contributed by atoms with Crippen molar-refractivity contribution in [3.8, 4) is 16.9 Å². The highest BCUT2D eigenvalue weighted by Gasteiger charge is 2.25. The molecule has 0 spiro atoms. The average Bonchev–Trinajstić information content (AvgIpc) is 3.31. The van der Waals surface area contributed by atoms with E-state index in [1.807, 2.05) is 67.6 Å². The number of nitrogens with one attached hydrogen (secondary N) is 2. The lowest BCUT2D eigenvalue weighted by Crippen LogP contribution is -2.47. The van der Waals surface area contributed by atoms with Crippen LogP contribution in [-0.2, 0) is 4.79 Å². The number of hydrogen-bond acceptors (Lipinski definition) is 4. The lowest BCUT2D eigenvalue weighted by atomic mass is 10.0. The van der Waals surface area contributed by atoms with Crippen LogP contribution in [0.1, 0.15) is 36.5 Å². The standard InChI is InChI=1S/C26H31N5O2/c1-2-15-27-24(32)19-30-16-13-21(14-17-30)28-26(33)23-18-31(22-11-7-4-8-12-22)29-25(23)20-9-5-3-6-10-20/h3-12,18,21H,2,13-17,19H2,1H3,(H,27,32)(H,28,33). The summed E-state index contributed by atoms with van der Waals surface area (Å²) in [5.74, 6) is -0.0460. The van der Waals surface area contributed by atoms with Crippen molar-refractivity contribution in [1.82, 2.24) is 25.3 Å². The van der Waals surface area contributed by atoms with Crippen LogP contribution in [0.25, 0.3) is 16.9 Å². The smallest absolute Gasteiger partial charge is 0.255 e. The van der Waals surface area contributed by atoms with Crippen molar-refractivity contribution in [2.24, 2.45) is 0 Å². The maximum atomic E-state index is 13.3. The molecule has 0 unspecified atom stereocenters. The third kappa shape index (κ3) is 5.87. The summed E-state index contributed by atoms with van der Waals surface area (Å²) in [6.45, 7) is 4.76. The van der Waals surface area contributed by atoms with Crippen molar-refractivity contribution in [3.63, 3.8) is 0 Å². The van der Waals surface area contributed by atoms with Crippen LogP contribution in [0.3, 0.4) is 0 Å². The minimum absolute atomic E-state index is 0.0696. The molecule has 7 nitrogen and oxygen atoms in total. The molecule has 1 saturated heterocycles. The normalized spacial score (nSPS) is 14.7. The lowest BCUT2D eigenvalue weighted by molar-refractivity contribution is -0.122. The Morgan fingerprint density at radius 3 is 2.33 bits per heavy atom. The second kappa shape index (κ2) is 10.9. The number of nitrogens with zero attached hydrogens (tertiary/aromatic N) is 3. The van der Waals surface area contributed by atoms with Gasteiger partial charge in [0.25, 0.3) is 5.91 Å². The molecule has 1 aromatic heterocycles. The average molecular weight is 446 g/mol. The van der Waals surface area contributed by atoms with Gasteiger partial charge in [0.2, 0.25) is 5.91 Å². The summed E-state index contributed by atoms with van der Waals surface area (Å²) in [6.07, 6.45) is 4.38. The maximum absolute atomic E-state index is 13.3. The number of benzene rings is 2. The number of amides is 2. The van der Waals surface area contributed by atoms with Gasteiger partial charge in [-0.2, -0.15) is 5.10 Å². The SMILES string of the molecule is CCCNC(=O)CN1CCC(NC(=O)c2cn(-c3ccccc3)nc2-c2ccccc2)CC1. The molecule has 0 bridgehead atoms. The van der Waals surface area contributed by atoms with Crippen LogP contribution in [-0.4, -0.2) is 58.7 Å². The van der Waals surface area contributed by atoms with Crippen LogP contribution in [0.2, 0.25) is 0 Å². The highest BCUT2D eigenvalue weighted by Crippen LogP contribution is 2.24. The zero-order valence-electron chi connectivity index (χ0n) is 19.0. The van der Waals surface area contributed by atoms with Gasteiger partial charge in [-0.15, -0.1) is 0 Å². The summed E-state index contributed by atoms with van der Waals surface area (Å²) in [5, 5.41) is 10.9. The van der Waals surface area contributed by atoms with Crippen LogP contribution in [0.5, 0.6) is 0 Å². The van der Waals surface area contributed by atoms with Crippen LogP contribution in [0.15, 0.2) is 66.9 Å². The molecule has 3 aromatic rings. The van der Waals surface area contributed by atoms with Gasteiger partial charge in [0.05, 0.1) is 17.8 Å². The summed E-state index contributed by atoms with van der Waals surface area (Å²) in [7, 11) is 0. The van der Waals surface area contributed by atoms with Crippen molar-refractivity contribution >= 4 is 11.8 Å². The molecule has 4 rings (SSSR count). The topological polar surface area (TPSA) is 79.3 Å². The second-order valence-electron chi connectivity index (χ2n) is 8.41. The van der Waals surface area contributed by atoms with Crippen molar-refractivity contribution in [2.75, 3.05) is 26.2 Å². The Kier molecular flexibility index (Phi) is 7.52. The third-order valence-electron chi connectivity index (χ3n) is 5.89. The Bertz CT molecular complexity index is 1060. The number of carbonyl (C=O) groups excluding carboxylic acids is 2. The number of para-hydroxylation sites is 1. The summed E-state index contributed by atoms with van der Waals surface area (Å²) in [5.41, 5.74) is 3.04. The van der Waals surface area contributed by atoms with Gasteiger partial charge in [0.15, 0.2) is 0 Å². The van der Waals surface area contributed by atoms with Gasteiger partial charge in [-0.05, 0) is 31.4 Å². The highest BCUT2D eigenvalue weighted by atomic mass is 16.2. The monoisotopic (exact) mass is 445 g/mol. The molecule has 2 amide bonds. The zero-order valence-corrected chi connectivity index (χ0v) is 19.0. The Hall–Kier alpha value is -3.45. The first kappa shape index (κ1) is 22.7. The van der Waals surface area contributed by atoms with E-state index < -0.39 is 0 Å². The van der Waals surface area contributed by atoms with E-state index in [9.17, 15) is 9.59 Å². The molecule has 2 heterocycles. The molecule has 0 atom stereocenters. The van der Waals surface area contributed by atoms with Crippen molar-refractivity contribution in [3.05, 3.63) is 72.4 Å². The van der Waals surface area contributed by atoms with E-state index in [-0.39, 0.29) is 17.9 Å². The molecule has 0 radical (unpaired) electrons. The predicted molar refractivity (Wildman–Crippen MR) is 129 cm³/mol. The fraction of sp³-hybridized carbons (Fsp3) is 0.346. The second-order valence-corrected chi connectivity index (χ2v) is 8.41. The van der Waals surface area contributed by atoms with Gasteiger partial charge in [0.1, 0.15) is 5.69 Å². The summed E-state index contributed by atoms with van der Waals surface area (Å²) >= 11 is 0. The van der Waals surface area contributed by atoms with Crippen molar-refractivity contribution < 1.29 is 9.59 Å². The summed E-state index contributed by atoms with van der Waals surface area (Å²) < 4.78 is 1.76. The van der Waals surface area contributed by atoms with E-state index in [2.05, 4.69) is 15.5 Å². The molecule has 1 fully saturated rings. The van der Waals surface area contributed by atoms with Crippen LogP contribution < -0.4 is 10.6 Å². The van der Waals surface area contributed by atoms with Gasteiger partial charge in [-0.3, -0.25) is 14.5 Å². The number of rotatable bonds is 8. The minimum Gasteiger partial charge on any atom is -0.355 e. The van der Waals surface area contributed by atoms with Gasteiger partial charge in [-0.25, -0.2) is 4.68 Å². The number of aromatic nitrogens is 2. The van der Waals surface area contributed by atoms with Crippen molar-refractivity contribution in [2.45, 2.75) is 32.2 Å². The van der Waals surface area contributed by atoms with E-state index in [1.54, 1.807) is 10.9 Å². The van der Waals surface area contributed by atoms with Gasteiger partial charge >= 0.3 is 0 Å². The highest BCUT2D eigenvalue weighted by molar-refractivity contribution is 6.00. The molecule has 2 aromatic carbocycles. The molecule has 1 aliphatic rings. The molecule has 2 N–H and O–H groups in total. The van der Waals surface area contributed by atoms with E-state index >= 15 is 0 Å². The molecule has 172 valence electrons. The van der Waals surface area contributed by atoms with E-state index in [4.69, 9.17) is 5.10 Å². The molecule has 0 saturated carbocycles. The largest absolute Gasteiger partial charge is 0.355 e. The number of hydrogen-bond donors (Lipinski definition) is 2. The number of likely N-dealkylation sites (tertiary alicyclic amines) is 1. The number of piperidine rings is 1. The van der Waals surface area contributed by atoms with Crippen molar-refractivity contribution in [1.29, 1.82) is 0 Å². The van der Waals surface area contributed by atoms with Gasteiger partial charge in [-0.1, -0.05) is 55.5 Å². The van der Waals surface area contributed by atoms with Gasteiger partial charge in [0, 0.05) is 37.4 Å². The first-order chi connectivity index (χ1) is 16.1. The van der Waals surface area contributed by atoms with E-state index in [0.29, 0.717) is 24.3 Å². The van der Waals surface area contributed by atoms with Crippen LogP contribution >= 0.6 is 0 Å². The van der Waals surface area contributed by atoms with Crippen LogP contribution in [0, 0.1) is 0 Å². The van der Waals surface area contributed by atoms with Crippen LogP contribution in [0.4, 0.5) is 0 Å². The molecular formula is C26H31N5O2. The fourth-order valence-electron chi connectivity index (χ4n) is 4.08. The van der Waals surface area contributed by atoms with E-state index in [1.165, 1.54) is 0 Å². The zero-order chi connectivity index (χ0) is 23.0. The summed E-state index contributed by atoms with van der Waals surface area (Å²) in [6, 6.07) is 19.7. The molecule has 0 aliphatic carbocycles. The Balaban J connectivity index is 1.44. The molecule has 7 heteroatoms. The predicted octanol–water partition coefficient (Wildman–Crippen LogP) is 3.26. The quantitative estimate of drug-likeness (QED) is 0.558.